The van der Waals surface area contributed by atoms with Crippen molar-refractivity contribution < 1.29 is 9.53 Å². The van der Waals surface area contributed by atoms with Gasteiger partial charge in [-0.05, 0) is 37.5 Å². The molecule has 2 aliphatic heterocycles. The Labute approximate surface area is 176 Å². The fourth-order valence-electron chi connectivity index (χ4n) is 3.92. The zero-order valence-electron chi connectivity index (χ0n) is 16.7. The molecule has 1 aromatic heterocycles. The van der Waals surface area contributed by atoms with Gasteiger partial charge in [0.15, 0.2) is 0 Å². The number of nitrogens with zero attached hydrogens (tertiary/aromatic N) is 5. The lowest BCUT2D eigenvalue weighted by Crippen LogP contribution is -2.47. The summed E-state index contributed by atoms with van der Waals surface area (Å²) in [7, 11) is 1.55. The van der Waals surface area contributed by atoms with E-state index < -0.39 is 0 Å². The van der Waals surface area contributed by atoms with E-state index in [-0.39, 0.29) is 5.91 Å². The second-order valence-corrected chi connectivity index (χ2v) is 7.84. The first-order valence-corrected chi connectivity index (χ1v) is 10.5. The molecule has 0 N–H and O–H groups in total. The molecule has 1 amide bonds. The predicted octanol–water partition coefficient (Wildman–Crippen LogP) is 3.09. The van der Waals surface area contributed by atoms with Gasteiger partial charge in [0.05, 0.1) is 7.11 Å². The summed E-state index contributed by atoms with van der Waals surface area (Å²) in [6.45, 7) is 4.84. The lowest BCUT2D eigenvalue weighted by Gasteiger charge is -2.36. The normalized spacial score (nSPS) is 17.4. The molecule has 0 spiro atoms. The van der Waals surface area contributed by atoms with Gasteiger partial charge in [-0.2, -0.15) is 4.98 Å². The molecule has 2 aromatic rings. The van der Waals surface area contributed by atoms with Crippen LogP contribution in [0.4, 0.5) is 11.6 Å². The van der Waals surface area contributed by atoms with E-state index in [0.717, 1.165) is 62.8 Å². The van der Waals surface area contributed by atoms with Crippen molar-refractivity contribution in [3.63, 3.8) is 0 Å². The van der Waals surface area contributed by atoms with Crippen LogP contribution in [0.1, 0.15) is 29.6 Å². The van der Waals surface area contributed by atoms with Crippen molar-refractivity contribution in [2.24, 2.45) is 0 Å². The Morgan fingerprint density at radius 2 is 1.76 bits per heavy atom. The monoisotopic (exact) mass is 415 g/mol. The minimum absolute atomic E-state index is 0.0427. The maximum Gasteiger partial charge on any atom is 0.260 e. The van der Waals surface area contributed by atoms with Gasteiger partial charge >= 0.3 is 0 Å². The van der Waals surface area contributed by atoms with Crippen LogP contribution in [0.25, 0.3) is 0 Å². The quantitative estimate of drug-likeness (QED) is 0.764. The number of carbonyl (C=O) groups is 1. The molecule has 7 nitrogen and oxygen atoms in total. The van der Waals surface area contributed by atoms with E-state index in [1.807, 2.05) is 23.1 Å². The molecule has 0 saturated carbocycles. The van der Waals surface area contributed by atoms with Crippen LogP contribution in [-0.4, -0.2) is 67.2 Å². The molecule has 2 fully saturated rings. The number of piperazine rings is 1. The third kappa shape index (κ3) is 4.40. The summed E-state index contributed by atoms with van der Waals surface area (Å²) < 4.78 is 5.44. The topological polar surface area (TPSA) is 61.8 Å². The number of benzene rings is 1. The van der Waals surface area contributed by atoms with Crippen LogP contribution >= 0.6 is 11.6 Å². The summed E-state index contributed by atoms with van der Waals surface area (Å²) in [6, 6.07) is 7.91. The molecule has 4 rings (SSSR count). The number of hydrogen-bond acceptors (Lipinski definition) is 6. The van der Waals surface area contributed by atoms with Crippen LogP contribution in [0.3, 0.4) is 0 Å². The fraction of sp³-hybridized carbons (Fsp3) is 0.476. The van der Waals surface area contributed by atoms with Crippen LogP contribution in [0.15, 0.2) is 30.5 Å². The van der Waals surface area contributed by atoms with Gasteiger partial charge in [0, 0.05) is 56.2 Å². The molecule has 8 heteroatoms. The SMILES string of the molecule is COc1nc(N2CCN(c3cccc(Cl)c3)CC2)ncc1C(=O)N1CCCCC1. The lowest BCUT2D eigenvalue weighted by atomic mass is 10.1. The van der Waals surface area contributed by atoms with Gasteiger partial charge in [0.2, 0.25) is 11.8 Å². The van der Waals surface area contributed by atoms with Gasteiger partial charge in [0.1, 0.15) is 5.56 Å². The van der Waals surface area contributed by atoms with Crippen LogP contribution in [0.5, 0.6) is 5.88 Å². The van der Waals surface area contributed by atoms with Gasteiger partial charge < -0.3 is 19.4 Å². The lowest BCUT2D eigenvalue weighted by molar-refractivity contribution is 0.0719. The number of rotatable bonds is 4. The fourth-order valence-corrected chi connectivity index (χ4v) is 4.10. The Morgan fingerprint density at radius 3 is 2.45 bits per heavy atom. The number of hydrogen-bond donors (Lipinski definition) is 0. The van der Waals surface area contributed by atoms with Gasteiger partial charge in [0.25, 0.3) is 5.91 Å². The van der Waals surface area contributed by atoms with E-state index in [4.69, 9.17) is 16.3 Å². The Bertz CT molecular complexity index is 864. The molecule has 0 aliphatic carbocycles. The molecular weight excluding hydrogens is 390 g/mol. The third-order valence-corrected chi connectivity index (χ3v) is 5.78. The molecular formula is C21H26ClN5O2. The molecule has 2 saturated heterocycles. The molecule has 3 heterocycles. The largest absolute Gasteiger partial charge is 0.480 e. The first-order valence-electron chi connectivity index (χ1n) is 10.1. The number of aromatic nitrogens is 2. The summed E-state index contributed by atoms with van der Waals surface area (Å²) in [4.78, 5) is 28.2. The first kappa shape index (κ1) is 19.8. The average Bonchev–Trinajstić information content (AvgIpc) is 2.79. The highest BCUT2D eigenvalue weighted by Gasteiger charge is 2.25. The second kappa shape index (κ2) is 8.86. The third-order valence-electron chi connectivity index (χ3n) is 5.54. The average molecular weight is 416 g/mol. The Kier molecular flexibility index (Phi) is 6.04. The predicted molar refractivity (Wildman–Crippen MR) is 114 cm³/mol. The number of amides is 1. The van der Waals surface area contributed by atoms with E-state index >= 15 is 0 Å². The Balaban J connectivity index is 1.45. The van der Waals surface area contributed by atoms with E-state index in [1.54, 1.807) is 13.3 Å². The highest BCUT2D eigenvalue weighted by atomic mass is 35.5. The maximum atomic E-state index is 12.8. The first-order chi connectivity index (χ1) is 14.2. The zero-order chi connectivity index (χ0) is 20.2. The molecule has 1 aromatic carbocycles. The van der Waals surface area contributed by atoms with Crippen LogP contribution in [0.2, 0.25) is 5.02 Å². The second-order valence-electron chi connectivity index (χ2n) is 7.40. The van der Waals surface area contributed by atoms with Gasteiger partial charge in [-0.3, -0.25) is 4.79 Å². The number of ether oxygens (including phenoxy) is 1. The number of halogens is 1. The van der Waals surface area contributed by atoms with Crippen molar-refractivity contribution in [3.05, 3.63) is 41.0 Å². The molecule has 154 valence electrons. The number of likely N-dealkylation sites (tertiary alicyclic amines) is 1. The van der Waals surface area contributed by atoms with E-state index in [9.17, 15) is 4.79 Å². The standard InChI is InChI=1S/C21H26ClN5O2/c1-29-19-18(20(28)26-8-3-2-4-9-26)15-23-21(24-19)27-12-10-25(11-13-27)17-7-5-6-16(22)14-17/h5-7,14-15H,2-4,8-13H2,1H3. The van der Waals surface area contributed by atoms with Gasteiger partial charge in [-0.25, -0.2) is 4.98 Å². The van der Waals surface area contributed by atoms with Gasteiger partial charge in [-0.15, -0.1) is 0 Å². The number of piperidine rings is 1. The van der Waals surface area contributed by atoms with Crippen LogP contribution < -0.4 is 14.5 Å². The van der Waals surface area contributed by atoms with Gasteiger partial charge in [-0.1, -0.05) is 17.7 Å². The number of carbonyl (C=O) groups excluding carboxylic acids is 1. The van der Waals surface area contributed by atoms with E-state index in [1.165, 1.54) is 6.42 Å². The minimum Gasteiger partial charge on any atom is -0.480 e. The molecule has 0 unspecified atom stereocenters. The maximum absolute atomic E-state index is 12.8. The number of methoxy groups -OCH3 is 1. The van der Waals surface area contributed by atoms with E-state index in [2.05, 4.69) is 25.8 Å². The van der Waals surface area contributed by atoms with Crippen molar-refractivity contribution in [2.45, 2.75) is 19.3 Å². The van der Waals surface area contributed by atoms with Crippen molar-refractivity contribution in [1.29, 1.82) is 0 Å². The molecule has 29 heavy (non-hydrogen) atoms. The Morgan fingerprint density at radius 1 is 1.03 bits per heavy atom. The van der Waals surface area contributed by atoms with Crippen molar-refractivity contribution in [1.82, 2.24) is 14.9 Å². The zero-order valence-corrected chi connectivity index (χ0v) is 17.4. The summed E-state index contributed by atoms with van der Waals surface area (Å²) in [5.74, 6) is 0.907. The minimum atomic E-state index is -0.0427. The van der Waals surface area contributed by atoms with Crippen molar-refractivity contribution >= 4 is 29.1 Å². The molecule has 0 bridgehead atoms. The summed E-state index contributed by atoms with van der Waals surface area (Å²) in [5.41, 5.74) is 1.56. The number of anilines is 2. The van der Waals surface area contributed by atoms with Crippen LogP contribution in [0, 0.1) is 0 Å². The smallest absolute Gasteiger partial charge is 0.260 e. The highest BCUT2D eigenvalue weighted by molar-refractivity contribution is 6.30. The summed E-state index contributed by atoms with van der Waals surface area (Å²) in [6.07, 6.45) is 4.88. The van der Waals surface area contributed by atoms with E-state index in [0.29, 0.717) is 17.4 Å². The Hall–Kier alpha value is -2.54. The summed E-state index contributed by atoms with van der Waals surface area (Å²) in [5, 5.41) is 0.743. The molecule has 0 radical (unpaired) electrons. The molecule has 2 aliphatic rings. The van der Waals surface area contributed by atoms with Crippen molar-refractivity contribution in [3.8, 4) is 5.88 Å². The van der Waals surface area contributed by atoms with Crippen LogP contribution in [-0.2, 0) is 0 Å². The molecule has 0 atom stereocenters. The summed E-state index contributed by atoms with van der Waals surface area (Å²) >= 11 is 6.12. The van der Waals surface area contributed by atoms with Crippen molar-refractivity contribution in [2.75, 3.05) is 56.2 Å². The highest BCUT2D eigenvalue weighted by Crippen LogP contribution is 2.24.